The van der Waals surface area contributed by atoms with Crippen molar-refractivity contribution in [1.29, 1.82) is 0 Å². The Kier molecular flexibility index (Phi) is 19300. The van der Waals surface area contributed by atoms with Gasteiger partial charge in [0.2, 0.25) is 0 Å². The smallest absolute Gasteiger partial charge is 0.344 e. The summed E-state index contributed by atoms with van der Waals surface area (Å²) in [5, 5.41) is 0. The molecule has 0 spiro atoms. The van der Waals surface area contributed by atoms with E-state index in [0.29, 0.717) is 0 Å². The minimum Gasteiger partial charge on any atom is -0.344 e. The zero-order valence-corrected chi connectivity index (χ0v) is 4.70. The Morgan fingerprint density at radius 2 is 0.400 bits per heavy atom. The molecular weight excluding hydrogens is 162 g/mol. The molecule has 0 unspecified atom stereocenters. The van der Waals surface area contributed by atoms with Gasteiger partial charge >= 0.3 is 20.4 Å². The maximum absolute atomic E-state index is 0. The Hall–Kier alpha value is 0.502. The van der Waals surface area contributed by atoms with Gasteiger partial charge in [-0.25, -0.2) is 0 Å². The summed E-state index contributed by atoms with van der Waals surface area (Å²) in [4.78, 5) is 0. The van der Waals surface area contributed by atoms with Crippen LogP contribution in [0.4, 0.5) is 0 Å². The van der Waals surface area contributed by atoms with Crippen LogP contribution in [0.3, 0.4) is 0 Å². The average Bonchev–Trinajstić information content (AvgIpc) is 0. The molecule has 0 rings (SSSR count). The van der Waals surface area contributed by atoms with Crippen LogP contribution < -0.4 is 24.6 Å². The van der Waals surface area contributed by atoms with Crippen LogP contribution in [0.5, 0.6) is 0 Å². The maximum Gasteiger partial charge on any atom is 2.00 e. The van der Waals surface area contributed by atoms with E-state index in [1.165, 1.54) is 0 Å². The molecule has 5 heteroatoms. The Morgan fingerprint density at radius 3 is 0.400 bits per heavy atom. The first-order chi connectivity index (χ1) is 0. The Labute approximate surface area is 45.7 Å². The molecule has 4 nitrogen and oxygen atoms in total. The first kappa shape index (κ1) is 442. The standard InChI is InChI=1S/4H3N.Pd/h4*1H3;/q;;;;+2. The fourth-order valence-electron chi connectivity index (χ4n) is 0. The van der Waals surface area contributed by atoms with Crippen molar-refractivity contribution in [2.24, 2.45) is 0 Å². The molecule has 0 fully saturated rings. The molecule has 0 amide bonds. The van der Waals surface area contributed by atoms with Crippen molar-refractivity contribution in [1.82, 2.24) is 24.6 Å². The molecule has 12 N–H and O–H groups in total. The van der Waals surface area contributed by atoms with Crippen LogP contribution in [0.2, 0.25) is 0 Å². The van der Waals surface area contributed by atoms with Gasteiger partial charge in [0.1, 0.15) is 0 Å². The van der Waals surface area contributed by atoms with Crippen LogP contribution in [-0.2, 0) is 20.4 Å². The van der Waals surface area contributed by atoms with E-state index in [2.05, 4.69) is 0 Å². The molecule has 0 atom stereocenters. The van der Waals surface area contributed by atoms with E-state index in [4.69, 9.17) is 0 Å². The maximum atomic E-state index is 0. The summed E-state index contributed by atoms with van der Waals surface area (Å²) < 4.78 is 0. The van der Waals surface area contributed by atoms with Gasteiger partial charge in [-0.2, -0.15) is 0 Å². The third kappa shape index (κ3) is 112. The Morgan fingerprint density at radius 1 is 0.400 bits per heavy atom. The van der Waals surface area contributed by atoms with E-state index < -0.39 is 0 Å². The normalized spacial score (nSPS) is 0. The van der Waals surface area contributed by atoms with Gasteiger partial charge in [0.05, 0.1) is 0 Å². The van der Waals surface area contributed by atoms with E-state index in [1.807, 2.05) is 0 Å². The van der Waals surface area contributed by atoms with E-state index in [9.17, 15) is 0 Å². The third-order valence-electron chi connectivity index (χ3n) is 0. The molecule has 0 aromatic heterocycles. The van der Waals surface area contributed by atoms with Gasteiger partial charge in [-0.1, -0.05) is 0 Å². The number of hydrogen-bond acceptors (Lipinski definition) is 4. The molecule has 5 heavy (non-hydrogen) atoms. The van der Waals surface area contributed by atoms with E-state index in [1.54, 1.807) is 0 Å². The van der Waals surface area contributed by atoms with E-state index in [0.717, 1.165) is 0 Å². The second-order valence-corrected chi connectivity index (χ2v) is 0. The molecule has 0 aromatic carbocycles. The number of rotatable bonds is 0. The predicted molar refractivity (Wildman–Crippen MR) is 20.1 cm³/mol. The molecule has 0 saturated heterocycles. The summed E-state index contributed by atoms with van der Waals surface area (Å²) in [7, 11) is 0. The molecular formula is H12N4Pd+2. The van der Waals surface area contributed by atoms with Crippen molar-refractivity contribution >= 4 is 0 Å². The zero-order chi connectivity index (χ0) is 0. The molecule has 0 saturated carbocycles. The average molecular weight is 175 g/mol. The second-order valence-electron chi connectivity index (χ2n) is 0. The van der Waals surface area contributed by atoms with Crippen molar-refractivity contribution in [2.75, 3.05) is 0 Å². The minimum absolute atomic E-state index is 0. The predicted octanol–water partition coefficient (Wildman–Crippen LogP) is 0.645. The van der Waals surface area contributed by atoms with Crippen LogP contribution in [-0.4, -0.2) is 0 Å². The SMILES string of the molecule is N.N.N.N.[Pd+2]. The summed E-state index contributed by atoms with van der Waals surface area (Å²) in [6.45, 7) is 0. The van der Waals surface area contributed by atoms with Gasteiger partial charge in [0, 0.05) is 0 Å². The van der Waals surface area contributed by atoms with Crippen LogP contribution in [0.25, 0.3) is 0 Å². The molecule has 0 heterocycles. The largest absolute Gasteiger partial charge is 2.00 e. The van der Waals surface area contributed by atoms with Crippen LogP contribution in [0, 0.1) is 0 Å². The molecule has 0 radical (unpaired) electrons. The monoisotopic (exact) mass is 174 g/mol. The topological polar surface area (TPSA) is 140 Å². The Bertz CT molecular complexity index is 3.61. The van der Waals surface area contributed by atoms with Gasteiger partial charge in [-0.15, -0.1) is 0 Å². The van der Waals surface area contributed by atoms with E-state index in [-0.39, 0.29) is 45.0 Å². The fraction of sp³-hybridized carbons (Fsp3) is 0. The van der Waals surface area contributed by atoms with Gasteiger partial charge in [0.15, 0.2) is 0 Å². The molecule has 0 aliphatic carbocycles. The van der Waals surface area contributed by atoms with Gasteiger partial charge in [-0.05, 0) is 0 Å². The summed E-state index contributed by atoms with van der Waals surface area (Å²) in [5.41, 5.74) is 0. The van der Waals surface area contributed by atoms with Crippen molar-refractivity contribution < 1.29 is 20.4 Å². The van der Waals surface area contributed by atoms with Crippen LogP contribution >= 0.6 is 0 Å². The van der Waals surface area contributed by atoms with Crippen LogP contribution in [0.15, 0.2) is 0 Å². The molecule has 40 valence electrons. The minimum atomic E-state index is 0. The van der Waals surface area contributed by atoms with Gasteiger partial charge in [-0.3, -0.25) is 0 Å². The molecule has 0 aromatic rings. The summed E-state index contributed by atoms with van der Waals surface area (Å²) >= 11 is 0. The summed E-state index contributed by atoms with van der Waals surface area (Å²) in [5.74, 6) is 0. The molecule has 0 aliphatic heterocycles. The van der Waals surface area contributed by atoms with Gasteiger partial charge in [0.25, 0.3) is 0 Å². The van der Waals surface area contributed by atoms with Crippen LogP contribution in [0.1, 0.15) is 0 Å². The van der Waals surface area contributed by atoms with Gasteiger partial charge < -0.3 is 24.6 Å². The molecule has 0 aliphatic rings. The van der Waals surface area contributed by atoms with Crippen molar-refractivity contribution in [3.8, 4) is 0 Å². The quantitative estimate of drug-likeness (QED) is 0.400. The molecule has 0 bridgehead atoms. The summed E-state index contributed by atoms with van der Waals surface area (Å²) in [6.07, 6.45) is 0. The fourth-order valence-corrected chi connectivity index (χ4v) is 0. The summed E-state index contributed by atoms with van der Waals surface area (Å²) in [6, 6.07) is 0. The first-order valence-electron chi connectivity index (χ1n) is 0. The van der Waals surface area contributed by atoms with Crippen molar-refractivity contribution in [3.63, 3.8) is 0 Å². The van der Waals surface area contributed by atoms with Crippen molar-refractivity contribution in [3.05, 3.63) is 0 Å². The van der Waals surface area contributed by atoms with Crippen molar-refractivity contribution in [2.45, 2.75) is 0 Å². The zero-order valence-electron chi connectivity index (χ0n) is 3.14. The second kappa shape index (κ2) is 219. The Balaban J connectivity index is 0. The van der Waals surface area contributed by atoms with E-state index >= 15 is 0 Å². The number of hydrogen-bond donors (Lipinski definition) is 4. The third-order valence-corrected chi connectivity index (χ3v) is 0. The first-order valence-corrected chi connectivity index (χ1v) is 0.